The summed E-state index contributed by atoms with van der Waals surface area (Å²) in [6.45, 7) is 0. The van der Waals surface area contributed by atoms with E-state index in [0.29, 0.717) is 45.9 Å². The normalized spacial score (nSPS) is 12.1. The highest BCUT2D eigenvalue weighted by Crippen LogP contribution is 2.45. The molecule has 0 N–H and O–H groups in total. The van der Waals surface area contributed by atoms with Gasteiger partial charge in [-0.05, 0) is 24.3 Å². The molecule has 0 saturated heterocycles. The molecule has 14 heteroatoms. The minimum Gasteiger partial charge on any atom is -0.258 e. The summed E-state index contributed by atoms with van der Waals surface area (Å²) in [6.07, 6.45) is -10.00. The van der Waals surface area contributed by atoms with Gasteiger partial charge in [0.25, 0.3) is 11.4 Å². The topological polar surface area (TPSA) is 86.3 Å². The van der Waals surface area contributed by atoms with E-state index in [1.54, 1.807) is 0 Å². The third kappa shape index (κ3) is 5.07. The first-order valence-electron chi connectivity index (χ1n) is 6.86. The molecule has 0 heterocycles. The van der Waals surface area contributed by atoms with Crippen molar-refractivity contribution in [1.29, 1.82) is 0 Å². The zero-order valence-corrected chi connectivity index (χ0v) is 14.7. The first-order valence-corrected chi connectivity index (χ1v) is 9.01. The highest BCUT2D eigenvalue weighted by atomic mass is 33.1. The van der Waals surface area contributed by atoms with E-state index in [9.17, 15) is 46.6 Å². The van der Waals surface area contributed by atoms with Crippen LogP contribution in [0.15, 0.2) is 46.2 Å². The maximum absolute atomic E-state index is 12.9. The molecule has 0 radical (unpaired) electrons. The van der Waals surface area contributed by atoms with Crippen LogP contribution in [0.1, 0.15) is 11.1 Å². The standard InChI is InChI=1S/C14H6F6N2O4S2/c15-13(16,17)9-5-7(1-3-11(9)21(23)24)27-28-8-2-4-12(22(25)26)10(6-8)14(18,19)20/h1-6H. The number of hydrogen-bond donors (Lipinski definition) is 0. The van der Waals surface area contributed by atoms with E-state index < -0.39 is 44.7 Å². The van der Waals surface area contributed by atoms with Gasteiger partial charge in [0.05, 0.1) is 9.85 Å². The number of nitrogens with zero attached hydrogens (tertiary/aromatic N) is 2. The van der Waals surface area contributed by atoms with Crippen LogP contribution in [-0.4, -0.2) is 9.85 Å². The lowest BCUT2D eigenvalue weighted by molar-refractivity contribution is -0.388. The fourth-order valence-corrected chi connectivity index (χ4v) is 3.97. The van der Waals surface area contributed by atoms with Crippen LogP contribution >= 0.6 is 21.6 Å². The van der Waals surface area contributed by atoms with Gasteiger partial charge in [0, 0.05) is 21.9 Å². The van der Waals surface area contributed by atoms with E-state index in [2.05, 4.69) is 0 Å². The SMILES string of the molecule is O=[N+]([O-])c1ccc(SSc2ccc([N+](=O)[O-])c(C(F)(F)F)c2)cc1C(F)(F)F. The summed E-state index contributed by atoms with van der Waals surface area (Å²) in [5.41, 5.74) is -5.31. The average molecular weight is 444 g/mol. The number of nitro groups is 2. The number of nitro benzene ring substituents is 2. The molecule has 0 saturated carbocycles. The Morgan fingerprint density at radius 1 is 0.679 bits per heavy atom. The lowest BCUT2D eigenvalue weighted by Crippen LogP contribution is -2.09. The summed E-state index contributed by atoms with van der Waals surface area (Å²) in [5, 5.41) is 21.4. The average Bonchev–Trinajstić information content (AvgIpc) is 2.57. The molecule has 2 aromatic carbocycles. The van der Waals surface area contributed by atoms with Crippen molar-refractivity contribution >= 4 is 33.0 Å². The van der Waals surface area contributed by atoms with Crippen LogP contribution in [0.4, 0.5) is 37.7 Å². The van der Waals surface area contributed by atoms with Crippen LogP contribution in [0.3, 0.4) is 0 Å². The lowest BCUT2D eigenvalue weighted by atomic mass is 10.2. The smallest absolute Gasteiger partial charge is 0.258 e. The van der Waals surface area contributed by atoms with Crippen molar-refractivity contribution in [3.8, 4) is 0 Å². The van der Waals surface area contributed by atoms with Crippen LogP contribution in [0.2, 0.25) is 0 Å². The summed E-state index contributed by atoms with van der Waals surface area (Å²) in [6, 6.07) is 4.32. The van der Waals surface area contributed by atoms with Crippen molar-refractivity contribution in [1.82, 2.24) is 0 Å². The molecule has 0 bridgehead atoms. The Morgan fingerprint density at radius 3 is 1.25 bits per heavy atom. The van der Waals surface area contributed by atoms with Crippen molar-refractivity contribution in [2.45, 2.75) is 22.1 Å². The van der Waals surface area contributed by atoms with Crippen LogP contribution in [0, 0.1) is 20.2 Å². The van der Waals surface area contributed by atoms with Crippen molar-refractivity contribution in [3.05, 3.63) is 67.8 Å². The molecular formula is C14H6F6N2O4S2. The zero-order chi connectivity index (χ0) is 21.3. The highest BCUT2D eigenvalue weighted by Gasteiger charge is 2.39. The minimum absolute atomic E-state index is 0.102. The van der Waals surface area contributed by atoms with E-state index >= 15 is 0 Å². The number of alkyl halides is 6. The van der Waals surface area contributed by atoms with Crippen LogP contribution < -0.4 is 0 Å². The predicted octanol–water partition coefficient (Wildman–Crippen LogP) is 6.34. The largest absolute Gasteiger partial charge is 0.423 e. The predicted molar refractivity (Wildman–Crippen MR) is 87.9 cm³/mol. The Bertz CT molecular complexity index is 858. The molecule has 0 aliphatic rings. The number of halogens is 6. The van der Waals surface area contributed by atoms with Gasteiger partial charge in [-0.15, -0.1) is 0 Å². The summed E-state index contributed by atoms with van der Waals surface area (Å²) >= 11 is 0. The van der Waals surface area contributed by atoms with Gasteiger partial charge in [0.1, 0.15) is 11.1 Å². The monoisotopic (exact) mass is 444 g/mol. The van der Waals surface area contributed by atoms with Crippen molar-refractivity contribution in [2.75, 3.05) is 0 Å². The fourth-order valence-electron chi connectivity index (χ4n) is 2.00. The summed E-state index contributed by atoms with van der Waals surface area (Å²) in [4.78, 5) is 18.8. The van der Waals surface area contributed by atoms with Crippen molar-refractivity contribution in [3.63, 3.8) is 0 Å². The minimum atomic E-state index is -5.00. The Hall–Kier alpha value is -2.48. The Morgan fingerprint density at radius 2 is 1.00 bits per heavy atom. The quantitative estimate of drug-likeness (QED) is 0.232. The second-order valence-electron chi connectivity index (χ2n) is 5.03. The number of hydrogen-bond acceptors (Lipinski definition) is 6. The molecule has 28 heavy (non-hydrogen) atoms. The molecule has 6 nitrogen and oxygen atoms in total. The molecule has 0 fully saturated rings. The van der Waals surface area contributed by atoms with Gasteiger partial charge in [0.2, 0.25) is 0 Å². The van der Waals surface area contributed by atoms with Gasteiger partial charge in [-0.3, -0.25) is 20.2 Å². The van der Waals surface area contributed by atoms with Gasteiger partial charge in [-0.25, -0.2) is 0 Å². The second-order valence-corrected chi connectivity index (χ2v) is 7.31. The lowest BCUT2D eigenvalue weighted by Gasteiger charge is -2.10. The van der Waals surface area contributed by atoms with E-state index in [0.717, 1.165) is 12.1 Å². The number of benzene rings is 2. The Labute approximate surface area is 159 Å². The third-order valence-electron chi connectivity index (χ3n) is 3.17. The van der Waals surface area contributed by atoms with Crippen LogP contribution in [0.25, 0.3) is 0 Å². The summed E-state index contributed by atoms with van der Waals surface area (Å²) < 4.78 is 77.7. The maximum atomic E-state index is 12.9. The first kappa shape index (κ1) is 21.8. The van der Waals surface area contributed by atoms with Crippen molar-refractivity contribution < 1.29 is 36.2 Å². The first-order chi connectivity index (χ1) is 12.8. The van der Waals surface area contributed by atoms with E-state index in [-0.39, 0.29) is 9.79 Å². The molecule has 2 aromatic rings. The molecule has 0 unspecified atom stereocenters. The molecule has 0 aliphatic heterocycles. The fraction of sp³-hybridized carbons (Fsp3) is 0.143. The van der Waals surface area contributed by atoms with Crippen LogP contribution in [0.5, 0.6) is 0 Å². The number of rotatable bonds is 5. The van der Waals surface area contributed by atoms with Crippen LogP contribution in [-0.2, 0) is 12.4 Å². The van der Waals surface area contributed by atoms with Gasteiger partial charge in [-0.1, -0.05) is 21.6 Å². The molecule has 2 rings (SSSR count). The maximum Gasteiger partial charge on any atom is 0.423 e. The Balaban J connectivity index is 2.32. The van der Waals surface area contributed by atoms with Crippen molar-refractivity contribution in [2.24, 2.45) is 0 Å². The van der Waals surface area contributed by atoms with Gasteiger partial charge in [-0.2, -0.15) is 26.3 Å². The highest BCUT2D eigenvalue weighted by molar-refractivity contribution is 8.76. The molecular weight excluding hydrogens is 438 g/mol. The molecule has 0 spiro atoms. The second kappa shape index (κ2) is 7.87. The van der Waals surface area contributed by atoms with E-state index in [4.69, 9.17) is 0 Å². The molecule has 0 aromatic heterocycles. The van der Waals surface area contributed by atoms with Gasteiger partial charge in [0.15, 0.2) is 0 Å². The van der Waals surface area contributed by atoms with Gasteiger partial charge >= 0.3 is 12.4 Å². The third-order valence-corrected chi connectivity index (χ3v) is 5.56. The molecule has 0 atom stereocenters. The zero-order valence-electron chi connectivity index (χ0n) is 13.1. The van der Waals surface area contributed by atoms with Gasteiger partial charge < -0.3 is 0 Å². The summed E-state index contributed by atoms with van der Waals surface area (Å²) in [7, 11) is 1.23. The van der Waals surface area contributed by atoms with E-state index in [1.165, 1.54) is 0 Å². The van der Waals surface area contributed by atoms with E-state index in [1.807, 2.05) is 0 Å². The molecule has 0 amide bonds. The molecule has 150 valence electrons. The Kier molecular flexibility index (Phi) is 6.13. The molecule has 0 aliphatic carbocycles. The summed E-state index contributed by atoms with van der Waals surface area (Å²) in [5.74, 6) is 0.